The van der Waals surface area contributed by atoms with Gasteiger partial charge in [0.15, 0.2) is 0 Å². The van der Waals surface area contributed by atoms with Gasteiger partial charge in [0.2, 0.25) is 0 Å². The van der Waals surface area contributed by atoms with Crippen molar-refractivity contribution in [1.29, 1.82) is 0 Å². The monoisotopic (exact) mass is 432 g/mol. The molecule has 0 unspecified atom stereocenters. The van der Waals surface area contributed by atoms with Gasteiger partial charge in [0.05, 0.1) is 0 Å². The van der Waals surface area contributed by atoms with E-state index in [0.717, 1.165) is 0 Å². The fourth-order valence-corrected chi connectivity index (χ4v) is 0. The second kappa shape index (κ2) is 18.4. The van der Waals surface area contributed by atoms with Crippen LogP contribution in [0.2, 0.25) is 0 Å². The fraction of sp³-hybridized carbons (Fsp3) is 0. The van der Waals surface area contributed by atoms with Gasteiger partial charge in [-0.25, -0.2) is 0 Å². The van der Waals surface area contributed by atoms with Gasteiger partial charge in [0.1, 0.15) is 0 Å². The quantitative estimate of drug-likeness (QED) is 0.501. The van der Waals surface area contributed by atoms with E-state index in [1.54, 1.807) is 0 Å². The normalized spacial score (nSPS) is 0. The second-order valence-electron chi connectivity index (χ2n) is 0. The molecule has 0 aromatic heterocycles. The fourth-order valence-electron chi connectivity index (χ4n) is 0. The van der Waals surface area contributed by atoms with Gasteiger partial charge in [-0.15, -0.1) is 24.8 Å². The molecule has 0 atom stereocenters. The first-order valence-electron chi connectivity index (χ1n) is 0. The molecular weight excluding hydrogens is 428 g/mol. The molecule has 0 saturated carbocycles. The van der Waals surface area contributed by atoms with Crippen molar-refractivity contribution in [3.8, 4) is 0 Å². The van der Waals surface area contributed by atoms with Crippen LogP contribution in [0.1, 0.15) is 0 Å². The van der Waals surface area contributed by atoms with Gasteiger partial charge in [-0.3, -0.25) is 0 Å². The van der Waals surface area contributed by atoms with Crippen LogP contribution in [0.3, 0.4) is 0 Å². The van der Waals surface area contributed by atoms with E-state index in [1.165, 1.54) is 0 Å². The van der Waals surface area contributed by atoms with Gasteiger partial charge < -0.3 is 0 Å². The molecule has 0 aromatic rings. The summed E-state index contributed by atoms with van der Waals surface area (Å²) in [6.07, 6.45) is 0. The van der Waals surface area contributed by atoms with Crippen molar-refractivity contribution in [1.82, 2.24) is 0 Å². The predicted molar refractivity (Wildman–Crippen MR) is 14.5 cm³/mol. The van der Waals surface area contributed by atoms with Crippen molar-refractivity contribution in [2.75, 3.05) is 0 Å². The topological polar surface area (TPSA) is 0 Å². The Hall–Kier alpha value is 2.32. The molecule has 0 fully saturated rings. The van der Waals surface area contributed by atoms with Crippen LogP contribution in [-0.4, -0.2) is 0 Å². The van der Waals surface area contributed by atoms with Crippen LogP contribution < -0.4 is 0 Å². The summed E-state index contributed by atoms with van der Waals surface area (Å²) in [5.41, 5.74) is 0. The first-order valence-corrected chi connectivity index (χ1v) is 0. The van der Waals surface area contributed by atoms with Crippen LogP contribution in [0.25, 0.3) is 0 Å². The Bertz CT molecular complexity index is 4.00. The first kappa shape index (κ1) is 33.2. The van der Waals surface area contributed by atoms with Gasteiger partial charge in [-0.1, -0.05) is 0 Å². The van der Waals surface area contributed by atoms with E-state index < -0.39 is 0 Å². The molecule has 0 saturated heterocycles. The summed E-state index contributed by atoms with van der Waals surface area (Å²) in [6, 6.07) is 0. The summed E-state index contributed by atoms with van der Waals surface area (Å²) in [5.74, 6) is 0. The second-order valence-corrected chi connectivity index (χ2v) is 0. The van der Waals surface area contributed by atoms with Crippen molar-refractivity contribution < 1.29 is 51.7 Å². The van der Waals surface area contributed by atoms with E-state index in [2.05, 4.69) is 0 Å². The third kappa shape index (κ3) is 8.85. The summed E-state index contributed by atoms with van der Waals surface area (Å²) in [5, 5.41) is 0. The summed E-state index contributed by atoms with van der Waals surface area (Å²) in [7, 11) is 0. The Morgan fingerprint density at radius 1 is 0.500 bits per heavy atom. The predicted octanol–water partition coefficient (Wildman–Crippen LogP) is 0.839. The maximum absolute atomic E-state index is 0. The van der Waals surface area contributed by atoms with E-state index >= 15 is 0 Å². The van der Waals surface area contributed by atoms with Crippen molar-refractivity contribution in [2.45, 2.75) is 0 Å². The van der Waals surface area contributed by atoms with E-state index in [-0.39, 0.29) is 76.5 Å². The van der Waals surface area contributed by atoms with Gasteiger partial charge in [-0.05, 0) is 0 Å². The average molecular weight is 430 g/mol. The zero-order chi connectivity index (χ0) is 0. The Labute approximate surface area is 75.5 Å². The van der Waals surface area contributed by atoms with E-state index in [9.17, 15) is 0 Å². The largest absolute Gasteiger partial charge is 0.147 e. The molecule has 0 heterocycles. The number of hydrogen-bond donors (Lipinski definition) is 0. The standard InChI is InChI=1S/2ClH.2Hf/h2*1H;;. The molecule has 0 aliphatic heterocycles. The maximum atomic E-state index is 0. The molecule has 4 heavy (non-hydrogen) atoms. The zero-order valence-corrected chi connectivity index (χ0v) is 10.6. The molecule has 24 valence electrons. The minimum Gasteiger partial charge on any atom is -0.147 e. The molecule has 0 N–H and O–H groups in total. The smallest absolute Gasteiger partial charge is 0 e. The molecular formula is H2Cl2Hf2. The summed E-state index contributed by atoms with van der Waals surface area (Å²) in [6.45, 7) is 0. The molecule has 0 aliphatic rings. The van der Waals surface area contributed by atoms with Crippen molar-refractivity contribution in [2.24, 2.45) is 0 Å². The molecule has 0 aliphatic carbocycles. The minimum absolute atomic E-state index is 0. The van der Waals surface area contributed by atoms with Crippen molar-refractivity contribution in [3.05, 3.63) is 0 Å². The van der Waals surface area contributed by atoms with E-state index in [0.29, 0.717) is 0 Å². The summed E-state index contributed by atoms with van der Waals surface area (Å²) >= 11 is 0. The van der Waals surface area contributed by atoms with Crippen LogP contribution in [-0.2, 0) is 51.7 Å². The van der Waals surface area contributed by atoms with Gasteiger partial charge in [-0.2, -0.15) is 0 Å². The molecule has 0 rings (SSSR count). The van der Waals surface area contributed by atoms with Gasteiger partial charge >= 0.3 is 0 Å². The Morgan fingerprint density at radius 3 is 0.500 bits per heavy atom. The van der Waals surface area contributed by atoms with E-state index in [4.69, 9.17) is 0 Å². The molecule has 0 amide bonds. The molecule has 0 radical (unpaired) electrons. The van der Waals surface area contributed by atoms with Gasteiger partial charge in [0.25, 0.3) is 0 Å². The van der Waals surface area contributed by atoms with Crippen molar-refractivity contribution in [3.63, 3.8) is 0 Å². The van der Waals surface area contributed by atoms with Crippen LogP contribution in [0.5, 0.6) is 0 Å². The third-order valence-electron chi connectivity index (χ3n) is 0. The molecule has 0 spiro atoms. The van der Waals surface area contributed by atoms with Crippen LogP contribution >= 0.6 is 24.8 Å². The molecule has 0 bridgehead atoms. The Morgan fingerprint density at radius 2 is 0.500 bits per heavy atom. The van der Waals surface area contributed by atoms with E-state index in [1.807, 2.05) is 0 Å². The first-order chi connectivity index (χ1) is 0. The molecule has 0 nitrogen and oxygen atoms in total. The van der Waals surface area contributed by atoms with Crippen molar-refractivity contribution >= 4 is 24.8 Å². The zero-order valence-electron chi connectivity index (χ0n) is 1.82. The van der Waals surface area contributed by atoms with Crippen LogP contribution in [0.15, 0.2) is 0 Å². The number of halogens is 2. The Kier molecular flexibility index (Phi) is 153. The molecule has 0 aromatic carbocycles. The Balaban J connectivity index is 0. The van der Waals surface area contributed by atoms with Gasteiger partial charge in [0, 0.05) is 51.7 Å². The minimum atomic E-state index is 0. The molecule has 4 heteroatoms. The number of rotatable bonds is 0. The summed E-state index contributed by atoms with van der Waals surface area (Å²) in [4.78, 5) is 0. The number of hydrogen-bond acceptors (Lipinski definition) is 0. The third-order valence-corrected chi connectivity index (χ3v) is 0. The van der Waals surface area contributed by atoms with Crippen LogP contribution in [0.4, 0.5) is 0 Å². The van der Waals surface area contributed by atoms with Crippen LogP contribution in [0, 0.1) is 0 Å². The summed E-state index contributed by atoms with van der Waals surface area (Å²) < 4.78 is 0. The average Bonchev–Trinajstić information content (AvgIpc) is 0. The SMILES string of the molecule is Cl.Cl.[Hf].[Hf]. The maximum Gasteiger partial charge on any atom is 0 e.